The molecule has 3 rings (SSSR count). The van der Waals surface area contributed by atoms with Gasteiger partial charge in [0.15, 0.2) is 0 Å². The van der Waals surface area contributed by atoms with Crippen LogP contribution < -0.4 is 5.32 Å². The number of amides is 1. The number of hydrogen-bond donors (Lipinski definition) is 1. The minimum atomic E-state index is -3.52. The van der Waals surface area contributed by atoms with Crippen LogP contribution in [0.15, 0.2) is 29.2 Å². The van der Waals surface area contributed by atoms with Crippen molar-refractivity contribution < 1.29 is 17.9 Å². The average Bonchev–Trinajstić information content (AvgIpc) is 2.73. The normalized spacial score (nSPS) is 19.2. The van der Waals surface area contributed by atoms with Crippen LogP contribution in [0.1, 0.15) is 29.6 Å². The first kappa shape index (κ1) is 23.1. The highest BCUT2D eigenvalue weighted by Crippen LogP contribution is 2.23. The topological polar surface area (TPSA) is 79.0 Å². The van der Waals surface area contributed by atoms with Crippen LogP contribution >= 0.6 is 12.4 Å². The van der Waals surface area contributed by atoms with Gasteiger partial charge in [0, 0.05) is 31.7 Å². The maximum absolute atomic E-state index is 12.7. The average molecular weight is 432 g/mol. The molecule has 0 atom stereocenters. The lowest BCUT2D eigenvalue weighted by Crippen LogP contribution is -2.40. The lowest BCUT2D eigenvalue weighted by molar-refractivity contribution is 0.0687. The molecule has 2 aliphatic rings. The Hall–Kier alpha value is -1.19. The Morgan fingerprint density at radius 3 is 2.29 bits per heavy atom. The smallest absolute Gasteiger partial charge is 0.253 e. The number of likely N-dealkylation sites (tertiary alicyclic amines) is 1. The molecule has 0 unspecified atom stereocenters. The molecule has 0 aromatic heterocycles. The van der Waals surface area contributed by atoms with E-state index in [2.05, 4.69) is 5.32 Å². The maximum atomic E-state index is 12.7. The molecule has 2 saturated heterocycles. The summed E-state index contributed by atoms with van der Waals surface area (Å²) < 4.78 is 32.0. The lowest BCUT2D eigenvalue weighted by atomic mass is 9.93. The fraction of sp³-hybridized carbons (Fsp3) is 0.632. The van der Waals surface area contributed by atoms with Crippen molar-refractivity contribution in [3.8, 4) is 0 Å². The van der Waals surface area contributed by atoms with Crippen molar-refractivity contribution in [3.05, 3.63) is 29.8 Å². The van der Waals surface area contributed by atoms with E-state index in [1.165, 1.54) is 16.4 Å². The van der Waals surface area contributed by atoms with Crippen LogP contribution in [-0.4, -0.2) is 76.5 Å². The Bertz CT molecular complexity index is 728. The van der Waals surface area contributed by atoms with E-state index >= 15 is 0 Å². The zero-order chi connectivity index (χ0) is 19.3. The highest BCUT2D eigenvalue weighted by atomic mass is 35.5. The number of halogens is 1. The summed E-state index contributed by atoms with van der Waals surface area (Å²) in [6.07, 6.45) is 3.19. The SMILES string of the molecule is CNCCC1CCN(C(=O)c2ccc(S(=O)(=O)N3CCOCC3)cc2)CC1.Cl. The van der Waals surface area contributed by atoms with Crippen LogP contribution in [0.3, 0.4) is 0 Å². The van der Waals surface area contributed by atoms with Crippen LogP contribution in [0.25, 0.3) is 0 Å². The van der Waals surface area contributed by atoms with Crippen LogP contribution in [0.2, 0.25) is 0 Å². The van der Waals surface area contributed by atoms with E-state index in [0.717, 1.165) is 38.9 Å². The lowest BCUT2D eigenvalue weighted by Gasteiger charge is -2.32. The molecule has 1 aromatic carbocycles. The second kappa shape index (κ2) is 10.5. The number of carbonyl (C=O) groups excluding carboxylic acids is 1. The summed E-state index contributed by atoms with van der Waals surface area (Å²) in [6.45, 7) is 4.11. The molecule has 1 amide bonds. The summed E-state index contributed by atoms with van der Waals surface area (Å²) in [5.41, 5.74) is 0.546. The van der Waals surface area contributed by atoms with Gasteiger partial charge in [0.25, 0.3) is 5.91 Å². The van der Waals surface area contributed by atoms with Crippen molar-refractivity contribution >= 4 is 28.3 Å². The maximum Gasteiger partial charge on any atom is 0.253 e. The number of sulfonamides is 1. The standard InChI is InChI=1S/C19H29N3O4S.ClH/c1-20-9-6-16-7-10-21(11-8-16)19(23)17-2-4-18(5-3-17)27(24,25)22-12-14-26-15-13-22;/h2-5,16,20H,6-15H2,1H3;1H. The van der Waals surface area contributed by atoms with E-state index in [-0.39, 0.29) is 23.2 Å². The van der Waals surface area contributed by atoms with Gasteiger partial charge in [-0.2, -0.15) is 4.31 Å². The van der Waals surface area contributed by atoms with Gasteiger partial charge >= 0.3 is 0 Å². The van der Waals surface area contributed by atoms with Gasteiger partial charge in [0.05, 0.1) is 18.1 Å². The van der Waals surface area contributed by atoms with Crippen molar-refractivity contribution in [1.82, 2.24) is 14.5 Å². The molecule has 2 aliphatic heterocycles. The number of benzene rings is 1. The molecular weight excluding hydrogens is 402 g/mol. The quantitative estimate of drug-likeness (QED) is 0.740. The van der Waals surface area contributed by atoms with Crippen LogP contribution in [0.5, 0.6) is 0 Å². The van der Waals surface area contributed by atoms with Gasteiger partial charge in [-0.3, -0.25) is 4.79 Å². The first-order valence-corrected chi connectivity index (χ1v) is 11.1. The molecule has 1 N–H and O–H groups in total. The second-order valence-electron chi connectivity index (χ2n) is 7.17. The minimum Gasteiger partial charge on any atom is -0.379 e. The first-order chi connectivity index (χ1) is 13.0. The van der Waals surface area contributed by atoms with Gasteiger partial charge in [0.1, 0.15) is 0 Å². The predicted octanol–water partition coefficient (Wildman–Crippen LogP) is 1.59. The van der Waals surface area contributed by atoms with E-state index in [4.69, 9.17) is 4.74 Å². The molecule has 158 valence electrons. The fourth-order valence-corrected chi connectivity index (χ4v) is 5.07. The molecule has 28 heavy (non-hydrogen) atoms. The minimum absolute atomic E-state index is 0. The van der Waals surface area contributed by atoms with E-state index < -0.39 is 10.0 Å². The van der Waals surface area contributed by atoms with Crippen molar-refractivity contribution in [2.45, 2.75) is 24.2 Å². The Labute approximate surface area is 173 Å². The van der Waals surface area contributed by atoms with E-state index in [1.807, 2.05) is 11.9 Å². The third-order valence-corrected chi connectivity index (χ3v) is 7.33. The molecule has 2 heterocycles. The largest absolute Gasteiger partial charge is 0.379 e. The Balaban J connectivity index is 0.00000280. The number of morpholine rings is 1. The first-order valence-electron chi connectivity index (χ1n) is 9.64. The molecule has 1 aromatic rings. The van der Waals surface area contributed by atoms with Crippen LogP contribution in [0, 0.1) is 5.92 Å². The number of piperidine rings is 1. The summed E-state index contributed by atoms with van der Waals surface area (Å²) >= 11 is 0. The van der Waals surface area contributed by atoms with Crippen LogP contribution in [-0.2, 0) is 14.8 Å². The third kappa shape index (κ3) is 5.45. The zero-order valence-electron chi connectivity index (χ0n) is 16.3. The van der Waals surface area contributed by atoms with E-state index in [0.29, 0.717) is 37.8 Å². The highest BCUT2D eigenvalue weighted by molar-refractivity contribution is 7.89. The number of nitrogens with zero attached hydrogens (tertiary/aromatic N) is 2. The van der Waals surface area contributed by atoms with Crippen molar-refractivity contribution in [2.75, 3.05) is 53.0 Å². The molecule has 0 radical (unpaired) electrons. The number of nitrogens with one attached hydrogen (secondary N) is 1. The molecule has 0 bridgehead atoms. The Morgan fingerprint density at radius 1 is 1.11 bits per heavy atom. The van der Waals surface area contributed by atoms with E-state index in [9.17, 15) is 13.2 Å². The number of ether oxygens (including phenoxy) is 1. The van der Waals surface area contributed by atoms with Gasteiger partial charge in [-0.1, -0.05) is 0 Å². The van der Waals surface area contributed by atoms with E-state index in [1.54, 1.807) is 12.1 Å². The highest BCUT2D eigenvalue weighted by Gasteiger charge is 2.27. The summed E-state index contributed by atoms with van der Waals surface area (Å²) in [4.78, 5) is 14.8. The molecule has 7 nitrogen and oxygen atoms in total. The van der Waals surface area contributed by atoms with Gasteiger partial charge in [-0.15, -0.1) is 12.4 Å². The summed E-state index contributed by atoms with van der Waals surface area (Å²) in [7, 11) is -1.56. The predicted molar refractivity (Wildman–Crippen MR) is 110 cm³/mol. The Morgan fingerprint density at radius 2 is 1.71 bits per heavy atom. The summed E-state index contributed by atoms with van der Waals surface area (Å²) in [5.74, 6) is 0.653. The molecule has 9 heteroatoms. The summed E-state index contributed by atoms with van der Waals surface area (Å²) in [6, 6.07) is 6.33. The molecule has 0 aliphatic carbocycles. The third-order valence-electron chi connectivity index (χ3n) is 5.41. The van der Waals surface area contributed by atoms with Crippen molar-refractivity contribution in [3.63, 3.8) is 0 Å². The monoisotopic (exact) mass is 431 g/mol. The number of carbonyl (C=O) groups is 1. The molecule has 2 fully saturated rings. The molecule has 0 spiro atoms. The van der Waals surface area contributed by atoms with Crippen molar-refractivity contribution in [1.29, 1.82) is 0 Å². The molecule has 0 saturated carbocycles. The number of hydrogen-bond acceptors (Lipinski definition) is 5. The Kier molecular flexibility index (Phi) is 8.70. The van der Waals surface area contributed by atoms with Crippen LogP contribution in [0.4, 0.5) is 0 Å². The van der Waals surface area contributed by atoms with Gasteiger partial charge in [0.2, 0.25) is 10.0 Å². The van der Waals surface area contributed by atoms with Crippen molar-refractivity contribution in [2.24, 2.45) is 5.92 Å². The second-order valence-corrected chi connectivity index (χ2v) is 9.11. The summed E-state index contributed by atoms with van der Waals surface area (Å²) in [5, 5.41) is 3.18. The number of rotatable bonds is 6. The van der Waals surface area contributed by atoms with Gasteiger partial charge in [-0.25, -0.2) is 8.42 Å². The zero-order valence-corrected chi connectivity index (χ0v) is 17.9. The molecular formula is C19H30ClN3O4S. The fourth-order valence-electron chi connectivity index (χ4n) is 3.66. The van der Waals surface area contributed by atoms with Gasteiger partial charge < -0.3 is 15.0 Å². The van der Waals surface area contributed by atoms with Gasteiger partial charge in [-0.05, 0) is 63.0 Å².